The van der Waals surface area contributed by atoms with Crippen LogP contribution in [0.2, 0.25) is 0 Å². The van der Waals surface area contributed by atoms with Gasteiger partial charge in [-0.05, 0) is 30.3 Å². The first-order chi connectivity index (χ1) is 8.29. The molecule has 1 aromatic heterocycles. The molecule has 0 amide bonds. The molecule has 4 heteroatoms. The van der Waals surface area contributed by atoms with Gasteiger partial charge in [0.05, 0.1) is 5.69 Å². The van der Waals surface area contributed by atoms with Crippen LogP contribution < -0.4 is 10.5 Å². The van der Waals surface area contributed by atoms with Crippen molar-refractivity contribution in [3.63, 3.8) is 0 Å². The summed E-state index contributed by atoms with van der Waals surface area (Å²) < 4.78 is 6.71. The van der Waals surface area contributed by atoms with Crippen molar-refractivity contribution >= 4 is 15.9 Å². The highest BCUT2D eigenvalue weighted by molar-refractivity contribution is 9.10. The summed E-state index contributed by atoms with van der Waals surface area (Å²) in [5.74, 6) is 0.833. The number of ether oxygens (including phenoxy) is 1. The van der Waals surface area contributed by atoms with Crippen molar-refractivity contribution in [2.24, 2.45) is 5.73 Å². The summed E-state index contributed by atoms with van der Waals surface area (Å²) in [5.41, 5.74) is 7.52. The molecule has 2 N–H and O–H groups in total. The Kier molecular flexibility index (Phi) is 4.12. The van der Waals surface area contributed by atoms with Crippen molar-refractivity contribution in [3.8, 4) is 5.75 Å². The molecular weight excluding hydrogens is 280 g/mol. The topological polar surface area (TPSA) is 48.1 Å². The molecule has 0 aliphatic carbocycles. The van der Waals surface area contributed by atoms with Crippen molar-refractivity contribution in [1.29, 1.82) is 0 Å². The number of halogens is 1. The third-order valence-electron chi connectivity index (χ3n) is 2.39. The third-order valence-corrected chi connectivity index (χ3v) is 2.91. The minimum atomic E-state index is 0.430. The van der Waals surface area contributed by atoms with Crippen LogP contribution >= 0.6 is 15.9 Å². The Hall–Kier alpha value is -1.39. The van der Waals surface area contributed by atoms with E-state index in [0.29, 0.717) is 13.2 Å². The predicted octanol–water partition coefficient (Wildman–Crippen LogP) is 2.88. The molecule has 0 saturated heterocycles. The second-order valence-electron chi connectivity index (χ2n) is 3.56. The van der Waals surface area contributed by atoms with Crippen molar-refractivity contribution in [2.75, 3.05) is 0 Å². The molecule has 17 heavy (non-hydrogen) atoms. The third kappa shape index (κ3) is 3.28. The van der Waals surface area contributed by atoms with E-state index in [-0.39, 0.29) is 0 Å². The van der Waals surface area contributed by atoms with Crippen LogP contribution in [-0.4, -0.2) is 4.98 Å². The highest BCUT2D eigenvalue weighted by Crippen LogP contribution is 2.17. The van der Waals surface area contributed by atoms with Crippen LogP contribution in [0.5, 0.6) is 5.75 Å². The Bertz CT molecular complexity index is 485. The summed E-state index contributed by atoms with van der Waals surface area (Å²) in [6.07, 6.45) is 1.74. The molecule has 2 rings (SSSR count). The number of pyridine rings is 1. The van der Waals surface area contributed by atoms with E-state index >= 15 is 0 Å². The van der Waals surface area contributed by atoms with Gasteiger partial charge in [0.15, 0.2) is 0 Å². The zero-order valence-electron chi connectivity index (χ0n) is 9.27. The molecular formula is C13H13BrN2O. The lowest BCUT2D eigenvalue weighted by Gasteiger charge is -2.09. The van der Waals surface area contributed by atoms with E-state index in [0.717, 1.165) is 21.5 Å². The van der Waals surface area contributed by atoms with Gasteiger partial charge in [-0.25, -0.2) is 0 Å². The Balaban J connectivity index is 2.04. The zero-order chi connectivity index (χ0) is 12.1. The highest BCUT2D eigenvalue weighted by Gasteiger charge is 2.02. The van der Waals surface area contributed by atoms with Crippen molar-refractivity contribution in [1.82, 2.24) is 4.98 Å². The van der Waals surface area contributed by atoms with Gasteiger partial charge in [-0.15, -0.1) is 0 Å². The molecule has 0 unspecified atom stereocenters. The van der Waals surface area contributed by atoms with Crippen molar-refractivity contribution in [3.05, 3.63) is 58.3 Å². The SMILES string of the molecule is NCc1ncccc1COc1ccc(Br)cc1. The maximum Gasteiger partial charge on any atom is 0.119 e. The fraction of sp³-hybridized carbons (Fsp3) is 0.154. The van der Waals surface area contributed by atoms with Gasteiger partial charge in [0, 0.05) is 22.8 Å². The molecule has 0 aliphatic heterocycles. The minimum Gasteiger partial charge on any atom is -0.489 e. The van der Waals surface area contributed by atoms with Gasteiger partial charge in [-0.3, -0.25) is 4.98 Å². The van der Waals surface area contributed by atoms with E-state index in [1.807, 2.05) is 36.4 Å². The summed E-state index contributed by atoms with van der Waals surface area (Å²) in [7, 11) is 0. The first-order valence-corrected chi connectivity index (χ1v) is 6.10. The lowest BCUT2D eigenvalue weighted by molar-refractivity contribution is 0.304. The Morgan fingerprint density at radius 2 is 1.94 bits per heavy atom. The van der Waals surface area contributed by atoms with Gasteiger partial charge < -0.3 is 10.5 Å². The summed E-state index contributed by atoms with van der Waals surface area (Å²) in [6.45, 7) is 0.919. The molecule has 88 valence electrons. The lowest BCUT2D eigenvalue weighted by atomic mass is 10.2. The van der Waals surface area contributed by atoms with Crippen molar-refractivity contribution in [2.45, 2.75) is 13.2 Å². The smallest absolute Gasteiger partial charge is 0.119 e. The molecule has 0 fully saturated rings. The molecule has 0 bridgehead atoms. The van der Waals surface area contributed by atoms with Gasteiger partial charge in [-0.1, -0.05) is 22.0 Å². The van der Waals surface area contributed by atoms with Crippen LogP contribution in [0.3, 0.4) is 0 Å². The van der Waals surface area contributed by atoms with Crippen LogP contribution in [0, 0.1) is 0 Å². The molecule has 1 heterocycles. The summed E-state index contributed by atoms with van der Waals surface area (Å²) in [4.78, 5) is 4.21. The van der Waals surface area contributed by atoms with E-state index in [9.17, 15) is 0 Å². The zero-order valence-corrected chi connectivity index (χ0v) is 10.9. The number of rotatable bonds is 4. The Morgan fingerprint density at radius 3 is 2.65 bits per heavy atom. The van der Waals surface area contributed by atoms with E-state index in [4.69, 9.17) is 10.5 Å². The van der Waals surface area contributed by atoms with E-state index in [1.165, 1.54) is 0 Å². The number of nitrogens with two attached hydrogens (primary N) is 1. The molecule has 2 aromatic rings. The normalized spacial score (nSPS) is 10.2. The largest absolute Gasteiger partial charge is 0.489 e. The highest BCUT2D eigenvalue weighted by atomic mass is 79.9. The standard InChI is InChI=1S/C13H13BrN2O/c14-11-3-5-12(6-4-11)17-9-10-2-1-7-16-13(10)8-15/h1-7H,8-9,15H2. The first kappa shape index (κ1) is 12.1. The van der Waals surface area contributed by atoms with Crippen LogP contribution in [-0.2, 0) is 13.2 Å². The van der Waals surface area contributed by atoms with Crippen LogP contribution in [0.15, 0.2) is 47.1 Å². The predicted molar refractivity (Wildman–Crippen MR) is 70.6 cm³/mol. The Labute approximate surface area is 109 Å². The van der Waals surface area contributed by atoms with Gasteiger partial charge in [-0.2, -0.15) is 0 Å². The summed E-state index contributed by atoms with van der Waals surface area (Å²) in [6, 6.07) is 11.6. The quantitative estimate of drug-likeness (QED) is 0.943. The average Bonchev–Trinajstić information content (AvgIpc) is 2.38. The molecule has 0 aliphatic rings. The molecule has 1 aromatic carbocycles. The minimum absolute atomic E-state index is 0.430. The van der Waals surface area contributed by atoms with Gasteiger partial charge >= 0.3 is 0 Å². The maximum absolute atomic E-state index is 5.67. The second kappa shape index (κ2) is 5.80. The number of benzene rings is 1. The van der Waals surface area contributed by atoms with Gasteiger partial charge in [0.25, 0.3) is 0 Å². The van der Waals surface area contributed by atoms with Crippen LogP contribution in [0.25, 0.3) is 0 Å². The first-order valence-electron chi connectivity index (χ1n) is 5.31. The summed E-state index contributed by atoms with van der Waals surface area (Å²) >= 11 is 3.38. The maximum atomic E-state index is 5.67. The number of hydrogen-bond acceptors (Lipinski definition) is 3. The fourth-order valence-corrected chi connectivity index (χ4v) is 1.74. The second-order valence-corrected chi connectivity index (χ2v) is 4.47. The van der Waals surface area contributed by atoms with Crippen molar-refractivity contribution < 1.29 is 4.74 Å². The molecule has 0 saturated carbocycles. The molecule has 0 atom stereocenters. The molecule has 3 nitrogen and oxygen atoms in total. The Morgan fingerprint density at radius 1 is 1.18 bits per heavy atom. The molecule has 0 radical (unpaired) electrons. The fourth-order valence-electron chi connectivity index (χ4n) is 1.48. The molecule has 0 spiro atoms. The van der Waals surface area contributed by atoms with Gasteiger partial charge in [0.2, 0.25) is 0 Å². The number of hydrogen-bond donors (Lipinski definition) is 1. The van der Waals surface area contributed by atoms with Crippen LogP contribution in [0.4, 0.5) is 0 Å². The monoisotopic (exact) mass is 292 g/mol. The summed E-state index contributed by atoms with van der Waals surface area (Å²) in [5, 5.41) is 0. The van der Waals surface area contributed by atoms with Gasteiger partial charge in [0.1, 0.15) is 12.4 Å². The van der Waals surface area contributed by atoms with Crippen LogP contribution in [0.1, 0.15) is 11.3 Å². The number of nitrogens with zero attached hydrogens (tertiary/aromatic N) is 1. The van der Waals surface area contributed by atoms with E-state index in [2.05, 4.69) is 20.9 Å². The number of aromatic nitrogens is 1. The lowest BCUT2D eigenvalue weighted by Crippen LogP contribution is -2.06. The average molecular weight is 293 g/mol. The van der Waals surface area contributed by atoms with E-state index < -0.39 is 0 Å². The van der Waals surface area contributed by atoms with E-state index in [1.54, 1.807) is 6.20 Å².